The van der Waals surface area contributed by atoms with Crippen LogP contribution in [0.1, 0.15) is 55.3 Å². The van der Waals surface area contributed by atoms with Gasteiger partial charge < -0.3 is 19.3 Å². The summed E-state index contributed by atoms with van der Waals surface area (Å²) in [5, 5.41) is 9.01. The number of aliphatic carboxylic acids is 1. The Morgan fingerprint density at radius 3 is 2.42 bits per heavy atom. The maximum absolute atomic E-state index is 11.0. The highest BCUT2D eigenvalue weighted by Crippen LogP contribution is 2.23. The molecule has 2 aromatic heterocycles. The first-order chi connectivity index (χ1) is 17.6. The molecule has 0 saturated heterocycles. The maximum atomic E-state index is 11.0. The van der Waals surface area contributed by atoms with Crippen LogP contribution in [-0.4, -0.2) is 34.8 Å². The number of nitrogens with zero attached hydrogens (tertiary/aromatic N) is 2. The second-order valence-electron chi connectivity index (χ2n) is 8.42. The molecular weight excluding hydrogens is 456 g/mol. The molecule has 7 nitrogen and oxygen atoms in total. The number of hydrogen-bond acceptors (Lipinski definition) is 6. The van der Waals surface area contributed by atoms with Crippen molar-refractivity contribution in [3.05, 3.63) is 83.8 Å². The lowest BCUT2D eigenvalue weighted by Crippen LogP contribution is -2.03. The average Bonchev–Trinajstić information content (AvgIpc) is 2.91. The molecule has 0 aliphatic rings. The molecule has 0 aliphatic carbocycles. The van der Waals surface area contributed by atoms with E-state index < -0.39 is 5.97 Å². The summed E-state index contributed by atoms with van der Waals surface area (Å²) in [7, 11) is 1.68. The fourth-order valence-corrected chi connectivity index (χ4v) is 3.67. The normalized spacial score (nSPS) is 10.9. The van der Waals surface area contributed by atoms with E-state index >= 15 is 0 Å². The molecular formula is C29H34N2O5. The molecule has 7 heteroatoms. The van der Waals surface area contributed by atoms with Crippen molar-refractivity contribution in [3.63, 3.8) is 0 Å². The van der Waals surface area contributed by atoms with Gasteiger partial charge in [0.1, 0.15) is 23.8 Å². The number of carboxylic acids is 1. The van der Waals surface area contributed by atoms with Crippen molar-refractivity contribution in [1.82, 2.24) is 9.97 Å². The van der Waals surface area contributed by atoms with Gasteiger partial charge in [0.25, 0.3) is 0 Å². The third-order valence-electron chi connectivity index (χ3n) is 5.63. The van der Waals surface area contributed by atoms with Crippen LogP contribution in [0.25, 0.3) is 6.08 Å². The number of carbonyl (C=O) groups is 1. The number of ether oxygens (including phenoxy) is 3. The molecule has 0 aliphatic heterocycles. The highest BCUT2D eigenvalue weighted by atomic mass is 16.5. The fourth-order valence-electron chi connectivity index (χ4n) is 3.67. The molecule has 0 spiro atoms. The van der Waals surface area contributed by atoms with Crippen LogP contribution in [0.3, 0.4) is 0 Å². The number of methoxy groups -OCH3 is 1. The maximum Gasteiger partial charge on any atom is 0.328 e. The lowest BCUT2D eigenvalue weighted by molar-refractivity contribution is -0.131. The molecule has 0 atom stereocenters. The first-order valence-corrected chi connectivity index (χ1v) is 12.3. The molecule has 0 bridgehead atoms. The Balaban J connectivity index is 1.37. The van der Waals surface area contributed by atoms with Gasteiger partial charge in [0, 0.05) is 30.1 Å². The van der Waals surface area contributed by atoms with Crippen LogP contribution < -0.4 is 14.2 Å². The molecule has 0 amide bonds. The Kier molecular flexibility index (Phi) is 11.3. The van der Waals surface area contributed by atoms with E-state index in [0.717, 1.165) is 43.1 Å². The van der Waals surface area contributed by atoms with E-state index in [1.807, 2.05) is 24.3 Å². The zero-order valence-corrected chi connectivity index (χ0v) is 20.8. The van der Waals surface area contributed by atoms with Crippen LogP contribution in [0.5, 0.6) is 17.4 Å². The number of pyridine rings is 2. The number of aromatic nitrogens is 2. The molecule has 3 rings (SSSR count). The topological polar surface area (TPSA) is 90.8 Å². The summed E-state index contributed by atoms with van der Waals surface area (Å²) in [6.07, 6.45) is 13.8. The molecule has 1 aromatic carbocycles. The molecule has 0 unspecified atom stereocenters. The summed E-state index contributed by atoms with van der Waals surface area (Å²) < 4.78 is 16.8. The number of hydrogen-bond donors (Lipinski definition) is 1. The molecule has 0 radical (unpaired) electrons. The third-order valence-corrected chi connectivity index (χ3v) is 5.63. The van der Waals surface area contributed by atoms with E-state index in [-0.39, 0.29) is 0 Å². The summed E-state index contributed by atoms with van der Waals surface area (Å²) >= 11 is 0. The minimum absolute atomic E-state index is 0.323. The molecule has 1 N–H and O–H groups in total. The SMILES string of the molecule is COc1ccc(CCCCCCCCOc2ccc(OCc3cccnc3)nc2C=CC(=O)O)cc1. The molecule has 190 valence electrons. The summed E-state index contributed by atoms with van der Waals surface area (Å²) in [4.78, 5) is 19.5. The number of benzene rings is 1. The van der Waals surface area contributed by atoms with Gasteiger partial charge in [-0.2, -0.15) is 0 Å². The predicted molar refractivity (Wildman–Crippen MR) is 139 cm³/mol. The molecule has 36 heavy (non-hydrogen) atoms. The smallest absolute Gasteiger partial charge is 0.328 e. The molecule has 0 fully saturated rings. The first-order valence-electron chi connectivity index (χ1n) is 12.3. The highest BCUT2D eigenvalue weighted by Gasteiger charge is 2.07. The van der Waals surface area contributed by atoms with Crippen LogP contribution in [0, 0.1) is 0 Å². The minimum Gasteiger partial charge on any atom is -0.497 e. The van der Waals surface area contributed by atoms with Gasteiger partial charge >= 0.3 is 5.97 Å². The molecule has 2 heterocycles. The lowest BCUT2D eigenvalue weighted by atomic mass is 10.0. The van der Waals surface area contributed by atoms with Gasteiger partial charge in [-0.3, -0.25) is 4.98 Å². The van der Waals surface area contributed by atoms with Crippen molar-refractivity contribution in [2.45, 2.75) is 51.6 Å². The van der Waals surface area contributed by atoms with E-state index in [0.29, 0.717) is 30.5 Å². The van der Waals surface area contributed by atoms with E-state index in [2.05, 4.69) is 22.1 Å². The van der Waals surface area contributed by atoms with Crippen LogP contribution in [0.15, 0.2) is 67.0 Å². The van der Waals surface area contributed by atoms with Gasteiger partial charge in [-0.05, 0) is 55.2 Å². The van der Waals surface area contributed by atoms with Gasteiger partial charge in [0.05, 0.1) is 13.7 Å². The summed E-state index contributed by atoms with van der Waals surface area (Å²) in [6.45, 7) is 0.876. The zero-order chi connectivity index (χ0) is 25.4. The number of unbranched alkanes of at least 4 members (excludes halogenated alkanes) is 5. The van der Waals surface area contributed by atoms with Gasteiger partial charge in [0.15, 0.2) is 0 Å². The number of carboxylic acid groups (broad SMARTS) is 1. The Labute approximate surface area is 212 Å². The van der Waals surface area contributed by atoms with Crippen LogP contribution in [0.4, 0.5) is 0 Å². The Bertz CT molecular complexity index is 1080. The monoisotopic (exact) mass is 490 g/mol. The van der Waals surface area contributed by atoms with Gasteiger partial charge in [-0.15, -0.1) is 0 Å². The Morgan fingerprint density at radius 2 is 1.69 bits per heavy atom. The number of aryl methyl sites for hydroxylation is 1. The van der Waals surface area contributed by atoms with E-state index in [1.54, 1.807) is 31.6 Å². The van der Waals surface area contributed by atoms with E-state index in [4.69, 9.17) is 19.3 Å². The van der Waals surface area contributed by atoms with Gasteiger partial charge in [0.2, 0.25) is 5.88 Å². The standard InChI is InChI=1S/C29H34N2O5/c1-34-25-13-11-23(12-14-25)9-6-4-2-3-5-7-20-35-27-16-17-28(31-26(27)15-18-29(32)33)36-22-24-10-8-19-30-21-24/h8,10-19,21H,2-7,9,20,22H2,1H3,(H,32,33). The first kappa shape index (κ1) is 26.7. The Morgan fingerprint density at radius 1 is 0.917 bits per heavy atom. The van der Waals surface area contributed by atoms with Crippen molar-refractivity contribution in [2.75, 3.05) is 13.7 Å². The van der Waals surface area contributed by atoms with Crippen LogP contribution >= 0.6 is 0 Å². The van der Waals surface area contributed by atoms with E-state index in [9.17, 15) is 4.79 Å². The van der Waals surface area contributed by atoms with E-state index in [1.165, 1.54) is 30.9 Å². The zero-order valence-electron chi connectivity index (χ0n) is 20.8. The lowest BCUT2D eigenvalue weighted by Gasteiger charge is -2.11. The van der Waals surface area contributed by atoms with Gasteiger partial charge in [-0.1, -0.05) is 43.9 Å². The quantitative estimate of drug-likeness (QED) is 0.191. The van der Waals surface area contributed by atoms with Gasteiger partial charge in [-0.25, -0.2) is 9.78 Å². The van der Waals surface area contributed by atoms with Crippen molar-refractivity contribution >= 4 is 12.0 Å². The third kappa shape index (κ3) is 9.78. The molecule has 0 saturated carbocycles. The fraction of sp³-hybridized carbons (Fsp3) is 0.345. The highest BCUT2D eigenvalue weighted by molar-refractivity contribution is 5.85. The van der Waals surface area contributed by atoms with Crippen LogP contribution in [-0.2, 0) is 17.8 Å². The minimum atomic E-state index is -1.04. The predicted octanol–water partition coefficient (Wildman–Crippen LogP) is 6.12. The largest absolute Gasteiger partial charge is 0.497 e. The van der Waals surface area contributed by atoms with Crippen LogP contribution in [0.2, 0.25) is 0 Å². The second-order valence-corrected chi connectivity index (χ2v) is 8.42. The summed E-state index contributed by atoms with van der Waals surface area (Å²) in [6, 6.07) is 15.5. The summed E-state index contributed by atoms with van der Waals surface area (Å²) in [5.41, 5.74) is 2.70. The number of rotatable bonds is 16. The van der Waals surface area contributed by atoms with Crippen molar-refractivity contribution < 1.29 is 24.1 Å². The van der Waals surface area contributed by atoms with Crippen molar-refractivity contribution in [3.8, 4) is 17.4 Å². The Hall–Kier alpha value is -3.87. The second kappa shape index (κ2) is 15.2. The average molecular weight is 491 g/mol. The van der Waals surface area contributed by atoms with Crippen molar-refractivity contribution in [1.29, 1.82) is 0 Å². The summed E-state index contributed by atoms with van der Waals surface area (Å²) in [5.74, 6) is 0.787. The van der Waals surface area contributed by atoms with Crippen molar-refractivity contribution in [2.24, 2.45) is 0 Å². The molecule has 3 aromatic rings.